The Bertz CT molecular complexity index is 1080. The summed E-state index contributed by atoms with van der Waals surface area (Å²) < 4.78 is 0. The van der Waals surface area contributed by atoms with Gasteiger partial charge in [-0.15, -0.1) is 0 Å². The van der Waals surface area contributed by atoms with E-state index in [1.165, 1.54) is 28.2 Å². The van der Waals surface area contributed by atoms with Crippen molar-refractivity contribution in [2.75, 3.05) is 4.90 Å². The molecule has 1 aliphatic rings. The van der Waals surface area contributed by atoms with E-state index >= 15 is 0 Å². The van der Waals surface area contributed by atoms with Crippen molar-refractivity contribution in [1.82, 2.24) is 0 Å². The van der Waals surface area contributed by atoms with Gasteiger partial charge in [0, 0.05) is 17.1 Å². The number of hydrogen-bond acceptors (Lipinski definition) is 1. The molecule has 0 fully saturated rings. The molecule has 0 amide bonds. The molecule has 0 radical (unpaired) electrons. The molecule has 0 aromatic heterocycles. The molecular formula is C34H41N. The fourth-order valence-corrected chi connectivity index (χ4v) is 3.46. The molecule has 3 aromatic rings. The Morgan fingerprint density at radius 3 is 1.66 bits per heavy atom. The highest BCUT2D eigenvalue weighted by atomic mass is 15.1. The van der Waals surface area contributed by atoms with Crippen LogP contribution in [-0.4, -0.2) is 0 Å². The molecule has 1 aliphatic carbocycles. The van der Waals surface area contributed by atoms with Crippen molar-refractivity contribution in [1.29, 1.82) is 0 Å². The largest absolute Gasteiger partial charge is 0.311 e. The molecule has 35 heavy (non-hydrogen) atoms. The van der Waals surface area contributed by atoms with Crippen LogP contribution in [0.2, 0.25) is 0 Å². The van der Waals surface area contributed by atoms with Gasteiger partial charge in [0.1, 0.15) is 0 Å². The third kappa shape index (κ3) is 9.29. The lowest BCUT2D eigenvalue weighted by Gasteiger charge is -2.27. The summed E-state index contributed by atoms with van der Waals surface area (Å²) in [6.07, 6.45) is 15.1. The van der Waals surface area contributed by atoms with Gasteiger partial charge in [0.05, 0.1) is 0 Å². The van der Waals surface area contributed by atoms with E-state index in [0.717, 1.165) is 24.3 Å². The summed E-state index contributed by atoms with van der Waals surface area (Å²) in [5, 5.41) is 0. The number of nitrogens with zero attached hydrogens (tertiary/aromatic N) is 1. The average molecular weight is 464 g/mol. The highest BCUT2D eigenvalue weighted by Gasteiger charge is 2.13. The molecule has 0 spiro atoms. The van der Waals surface area contributed by atoms with Gasteiger partial charge in [0.25, 0.3) is 0 Å². The van der Waals surface area contributed by atoms with Gasteiger partial charge in [-0.25, -0.2) is 0 Å². The lowest BCUT2D eigenvalue weighted by Crippen LogP contribution is -2.16. The van der Waals surface area contributed by atoms with E-state index in [1.807, 2.05) is 19.9 Å². The van der Waals surface area contributed by atoms with Crippen molar-refractivity contribution in [3.63, 3.8) is 0 Å². The van der Waals surface area contributed by atoms with Crippen LogP contribution < -0.4 is 4.90 Å². The molecule has 0 saturated heterocycles. The minimum atomic E-state index is 0.833. The minimum absolute atomic E-state index is 0.833. The van der Waals surface area contributed by atoms with E-state index in [2.05, 4.69) is 141 Å². The maximum Gasteiger partial charge on any atom is 0.0461 e. The van der Waals surface area contributed by atoms with Crippen molar-refractivity contribution >= 4 is 29.6 Å². The van der Waals surface area contributed by atoms with Crippen LogP contribution in [0, 0.1) is 5.92 Å². The Hall–Kier alpha value is -3.58. The number of benzene rings is 3. The molecule has 3 aromatic carbocycles. The van der Waals surface area contributed by atoms with Crippen molar-refractivity contribution in [3.05, 3.63) is 126 Å². The van der Waals surface area contributed by atoms with Crippen LogP contribution in [0.3, 0.4) is 0 Å². The molecule has 4 rings (SSSR count). The van der Waals surface area contributed by atoms with Crippen LogP contribution in [0.5, 0.6) is 0 Å². The van der Waals surface area contributed by atoms with Gasteiger partial charge < -0.3 is 4.90 Å². The summed E-state index contributed by atoms with van der Waals surface area (Å²) in [7, 11) is 0. The van der Waals surface area contributed by atoms with Crippen molar-refractivity contribution < 1.29 is 0 Å². The summed E-state index contributed by atoms with van der Waals surface area (Å²) >= 11 is 0. The van der Waals surface area contributed by atoms with Crippen LogP contribution in [-0.2, 0) is 0 Å². The Morgan fingerprint density at radius 2 is 1.17 bits per heavy atom. The van der Waals surface area contributed by atoms with Gasteiger partial charge >= 0.3 is 0 Å². The molecule has 0 heterocycles. The van der Waals surface area contributed by atoms with Gasteiger partial charge in [0.15, 0.2) is 0 Å². The summed E-state index contributed by atoms with van der Waals surface area (Å²) in [6, 6.07) is 27.7. The first kappa shape index (κ1) is 27.7. The summed E-state index contributed by atoms with van der Waals surface area (Å²) in [6.45, 7) is 14.3. The Labute approximate surface area is 213 Å². The second-order valence-electron chi connectivity index (χ2n) is 8.81. The molecule has 0 bridgehead atoms. The van der Waals surface area contributed by atoms with Crippen LogP contribution in [0.1, 0.15) is 64.2 Å². The summed E-state index contributed by atoms with van der Waals surface area (Å²) in [5.74, 6) is 0.833. The van der Waals surface area contributed by atoms with Crippen LogP contribution >= 0.6 is 0 Å². The van der Waals surface area contributed by atoms with Gasteiger partial charge in [0.2, 0.25) is 0 Å². The van der Waals surface area contributed by atoms with E-state index in [4.69, 9.17) is 0 Å². The molecule has 0 N–H and O–H groups in total. The molecule has 0 unspecified atom stereocenters. The van der Waals surface area contributed by atoms with Crippen molar-refractivity contribution in [2.45, 2.75) is 47.5 Å². The lowest BCUT2D eigenvalue weighted by molar-refractivity contribution is 0.737. The summed E-state index contributed by atoms with van der Waals surface area (Å²) in [4.78, 5) is 2.32. The van der Waals surface area contributed by atoms with E-state index < -0.39 is 0 Å². The number of rotatable bonds is 6. The molecule has 182 valence electrons. The predicted octanol–water partition coefficient (Wildman–Crippen LogP) is 10.6. The van der Waals surface area contributed by atoms with Gasteiger partial charge in [-0.05, 0) is 65.8 Å². The van der Waals surface area contributed by atoms with Crippen LogP contribution in [0.4, 0.5) is 11.4 Å². The summed E-state index contributed by atoms with van der Waals surface area (Å²) in [5.41, 5.74) is 7.08. The van der Waals surface area contributed by atoms with Gasteiger partial charge in [-0.1, -0.05) is 126 Å². The molecule has 0 atom stereocenters. The number of para-hydroxylation sites is 1. The molecule has 0 aliphatic heterocycles. The zero-order valence-electron chi connectivity index (χ0n) is 22.1. The third-order valence-corrected chi connectivity index (χ3v) is 5.04. The van der Waals surface area contributed by atoms with E-state index in [-0.39, 0.29) is 0 Å². The monoisotopic (exact) mass is 463 g/mol. The van der Waals surface area contributed by atoms with Gasteiger partial charge in [-0.3, -0.25) is 0 Å². The number of anilines is 2. The Morgan fingerprint density at radius 1 is 0.686 bits per heavy atom. The Kier molecular flexibility index (Phi) is 12.1. The van der Waals surface area contributed by atoms with Gasteiger partial charge in [-0.2, -0.15) is 0 Å². The standard InChI is InChI=1S/C28H25N.C4H10.C2H6/c1-2-23-13-15-24(16-14-23)17-18-25-19-21-28(22-20-25)29(26-9-5-3-6-10-26)27-11-7-4-8-12-27;1-4(2)3;1-2/h2-3,5-7,9-22H,1,4,8H2;4H,1-3H3;1-2H3/b18-17+;;. The minimum Gasteiger partial charge on any atom is -0.311 e. The molecule has 1 nitrogen and oxygen atoms in total. The first-order valence-corrected chi connectivity index (χ1v) is 12.8. The second-order valence-corrected chi connectivity index (χ2v) is 8.81. The topological polar surface area (TPSA) is 3.24 Å². The average Bonchev–Trinajstić information content (AvgIpc) is 2.91. The number of hydrogen-bond donors (Lipinski definition) is 0. The Balaban J connectivity index is 0.000000655. The first-order chi connectivity index (χ1) is 17.1. The molecule has 0 saturated carbocycles. The normalized spacial score (nSPS) is 12.2. The van der Waals surface area contributed by atoms with Crippen molar-refractivity contribution in [3.8, 4) is 0 Å². The van der Waals surface area contributed by atoms with E-state index in [1.54, 1.807) is 0 Å². The highest BCUT2D eigenvalue weighted by molar-refractivity contribution is 5.74. The molecular weight excluding hydrogens is 422 g/mol. The first-order valence-electron chi connectivity index (χ1n) is 12.8. The quantitative estimate of drug-likeness (QED) is 0.329. The predicted molar refractivity (Wildman–Crippen MR) is 159 cm³/mol. The van der Waals surface area contributed by atoms with Crippen LogP contribution in [0.25, 0.3) is 18.2 Å². The SMILES string of the molecule is C=Cc1ccc(/C=C/c2ccc(N(C3=CCCC=C3)c3ccccc3)cc2)cc1.CC.CC(C)C. The molecule has 1 heteroatoms. The third-order valence-electron chi connectivity index (χ3n) is 5.04. The highest BCUT2D eigenvalue weighted by Crippen LogP contribution is 2.32. The van der Waals surface area contributed by atoms with Crippen LogP contribution in [0.15, 0.2) is 109 Å². The maximum atomic E-state index is 3.80. The number of allylic oxidation sites excluding steroid dienone is 3. The van der Waals surface area contributed by atoms with E-state index in [9.17, 15) is 0 Å². The zero-order valence-corrected chi connectivity index (χ0v) is 22.1. The maximum absolute atomic E-state index is 3.80. The smallest absolute Gasteiger partial charge is 0.0461 e. The lowest BCUT2D eigenvalue weighted by atomic mass is 10.1. The fraction of sp³-hybridized carbons (Fsp3) is 0.235. The zero-order chi connectivity index (χ0) is 25.5. The van der Waals surface area contributed by atoms with Crippen molar-refractivity contribution in [2.24, 2.45) is 5.92 Å². The fourth-order valence-electron chi connectivity index (χ4n) is 3.46. The van der Waals surface area contributed by atoms with E-state index in [0.29, 0.717) is 0 Å². The second kappa shape index (κ2) is 15.3.